The first-order valence-corrected chi connectivity index (χ1v) is 7.95. The van der Waals surface area contributed by atoms with Gasteiger partial charge in [-0.1, -0.05) is 24.3 Å². The van der Waals surface area contributed by atoms with Gasteiger partial charge in [0.25, 0.3) is 0 Å². The molecular formula is C19H20FN3O2. The van der Waals surface area contributed by atoms with Crippen LogP contribution in [0.2, 0.25) is 0 Å². The minimum atomic E-state index is -0.906. The average Bonchev–Trinajstić information content (AvgIpc) is 3.02. The van der Waals surface area contributed by atoms with Crippen LogP contribution in [-0.2, 0) is 6.54 Å². The van der Waals surface area contributed by atoms with E-state index in [1.54, 1.807) is 32.1 Å². The number of rotatable bonds is 5. The molecule has 6 heteroatoms. The summed E-state index contributed by atoms with van der Waals surface area (Å²) in [5, 5.41) is 17.8. The molecule has 2 aromatic carbocycles. The summed E-state index contributed by atoms with van der Waals surface area (Å²) in [6.07, 6.45) is 3.55. The number of halogens is 1. The molecule has 0 atom stereocenters. The Kier molecular flexibility index (Phi) is 4.55. The van der Waals surface area contributed by atoms with Gasteiger partial charge < -0.3 is 10.0 Å². The number of benzene rings is 2. The monoisotopic (exact) mass is 341 g/mol. The van der Waals surface area contributed by atoms with E-state index < -0.39 is 5.60 Å². The van der Waals surface area contributed by atoms with E-state index in [4.69, 9.17) is 4.63 Å². The second-order valence-corrected chi connectivity index (χ2v) is 6.64. The number of fused-ring (bicyclic) bond motifs is 1. The molecule has 0 saturated heterocycles. The van der Waals surface area contributed by atoms with E-state index in [0.29, 0.717) is 17.6 Å². The fraction of sp³-hybridized carbons (Fsp3) is 0.263. The Morgan fingerprint density at radius 3 is 2.60 bits per heavy atom. The van der Waals surface area contributed by atoms with Crippen LogP contribution in [0.5, 0.6) is 0 Å². The summed E-state index contributed by atoms with van der Waals surface area (Å²) in [5.41, 5.74) is 3.09. The van der Waals surface area contributed by atoms with Gasteiger partial charge in [-0.3, -0.25) is 0 Å². The summed E-state index contributed by atoms with van der Waals surface area (Å²) >= 11 is 0. The maximum Gasteiger partial charge on any atom is 0.158 e. The molecule has 3 rings (SSSR count). The normalized spacial score (nSPS) is 12.2. The van der Waals surface area contributed by atoms with Crippen molar-refractivity contribution in [2.45, 2.75) is 26.0 Å². The van der Waals surface area contributed by atoms with E-state index in [2.05, 4.69) is 10.3 Å². The maximum atomic E-state index is 13.1. The summed E-state index contributed by atoms with van der Waals surface area (Å²) in [6, 6.07) is 10.2. The van der Waals surface area contributed by atoms with Crippen LogP contribution in [0.15, 0.2) is 47.1 Å². The lowest BCUT2D eigenvalue weighted by Gasteiger charge is -2.20. The standard InChI is InChI=1S/C19H20FN3O2/c1-19(2,24)9-8-14-10-16-18(22-25-21-16)17(11-14)23(3)12-13-4-6-15(20)7-5-13/h4-11,24H,12H2,1-3H3/b9-8+. The largest absolute Gasteiger partial charge is 0.386 e. The quantitative estimate of drug-likeness (QED) is 0.765. The van der Waals surface area contributed by atoms with Gasteiger partial charge >= 0.3 is 0 Å². The summed E-state index contributed by atoms with van der Waals surface area (Å²) in [7, 11) is 1.93. The van der Waals surface area contributed by atoms with Gasteiger partial charge in [0.2, 0.25) is 0 Å². The molecule has 1 aromatic heterocycles. The van der Waals surface area contributed by atoms with E-state index in [0.717, 1.165) is 16.8 Å². The first-order chi connectivity index (χ1) is 11.8. The molecule has 0 aliphatic rings. The van der Waals surface area contributed by atoms with Gasteiger partial charge in [-0.05, 0) is 59.6 Å². The zero-order chi connectivity index (χ0) is 18.0. The van der Waals surface area contributed by atoms with Crippen LogP contribution in [0.3, 0.4) is 0 Å². The van der Waals surface area contributed by atoms with Crippen molar-refractivity contribution in [3.8, 4) is 0 Å². The highest BCUT2D eigenvalue weighted by Crippen LogP contribution is 2.28. The van der Waals surface area contributed by atoms with Gasteiger partial charge in [0.1, 0.15) is 11.3 Å². The van der Waals surface area contributed by atoms with Crippen LogP contribution in [0, 0.1) is 5.82 Å². The summed E-state index contributed by atoms with van der Waals surface area (Å²) in [6.45, 7) is 4.00. The molecule has 0 fully saturated rings. The molecule has 0 aliphatic carbocycles. The van der Waals surface area contributed by atoms with Gasteiger partial charge in [0.15, 0.2) is 5.52 Å². The second-order valence-electron chi connectivity index (χ2n) is 6.64. The van der Waals surface area contributed by atoms with Crippen molar-refractivity contribution >= 4 is 22.8 Å². The first-order valence-electron chi connectivity index (χ1n) is 7.95. The number of hydrogen-bond acceptors (Lipinski definition) is 5. The van der Waals surface area contributed by atoms with Crippen LogP contribution in [0.1, 0.15) is 25.0 Å². The molecule has 130 valence electrons. The molecule has 1 heterocycles. The van der Waals surface area contributed by atoms with Crippen LogP contribution in [0.4, 0.5) is 10.1 Å². The minimum Gasteiger partial charge on any atom is -0.386 e. The molecule has 0 saturated carbocycles. The highest BCUT2D eigenvalue weighted by molar-refractivity contribution is 5.90. The van der Waals surface area contributed by atoms with Gasteiger partial charge in [-0.25, -0.2) is 9.02 Å². The van der Waals surface area contributed by atoms with Gasteiger partial charge in [0.05, 0.1) is 11.3 Å². The molecule has 5 nitrogen and oxygen atoms in total. The average molecular weight is 341 g/mol. The Morgan fingerprint density at radius 1 is 1.20 bits per heavy atom. The fourth-order valence-corrected chi connectivity index (χ4v) is 2.53. The molecule has 0 unspecified atom stereocenters. The Bertz CT molecular complexity index is 895. The number of aromatic nitrogens is 2. The predicted molar refractivity (Wildman–Crippen MR) is 95.6 cm³/mol. The summed E-state index contributed by atoms with van der Waals surface area (Å²) in [4.78, 5) is 2.00. The van der Waals surface area contributed by atoms with Crippen molar-refractivity contribution in [2.24, 2.45) is 0 Å². The van der Waals surface area contributed by atoms with E-state index >= 15 is 0 Å². The third-order valence-corrected chi connectivity index (χ3v) is 3.79. The summed E-state index contributed by atoms with van der Waals surface area (Å²) in [5.74, 6) is -0.256. The zero-order valence-corrected chi connectivity index (χ0v) is 14.4. The highest BCUT2D eigenvalue weighted by Gasteiger charge is 2.14. The number of aliphatic hydroxyl groups is 1. The second kappa shape index (κ2) is 6.64. The van der Waals surface area contributed by atoms with Crippen molar-refractivity contribution in [1.29, 1.82) is 0 Å². The molecule has 25 heavy (non-hydrogen) atoms. The number of anilines is 1. The Hall–Kier alpha value is -2.73. The van der Waals surface area contributed by atoms with Gasteiger partial charge in [-0.2, -0.15) is 0 Å². The maximum absolute atomic E-state index is 13.1. The Balaban J connectivity index is 1.94. The van der Waals surface area contributed by atoms with Gasteiger partial charge in [0, 0.05) is 13.6 Å². The van der Waals surface area contributed by atoms with Crippen LogP contribution in [-0.4, -0.2) is 28.1 Å². The van der Waals surface area contributed by atoms with Crippen LogP contribution in [0.25, 0.3) is 17.1 Å². The van der Waals surface area contributed by atoms with Crippen molar-refractivity contribution in [3.63, 3.8) is 0 Å². The van der Waals surface area contributed by atoms with Gasteiger partial charge in [-0.15, -0.1) is 0 Å². The SMILES string of the molecule is CN(Cc1ccc(F)cc1)c1cc(/C=C/C(C)(C)O)cc2nonc12. The Morgan fingerprint density at radius 2 is 1.92 bits per heavy atom. The third kappa shape index (κ3) is 4.22. The minimum absolute atomic E-state index is 0.256. The molecule has 0 bridgehead atoms. The fourth-order valence-electron chi connectivity index (χ4n) is 2.53. The lowest BCUT2D eigenvalue weighted by Crippen LogP contribution is -2.17. The van der Waals surface area contributed by atoms with E-state index in [1.165, 1.54) is 12.1 Å². The van der Waals surface area contributed by atoms with Crippen molar-refractivity contribution in [1.82, 2.24) is 10.3 Å². The Labute approximate surface area is 145 Å². The summed E-state index contributed by atoms with van der Waals surface area (Å²) < 4.78 is 17.9. The lowest BCUT2D eigenvalue weighted by molar-refractivity contribution is 0.134. The molecular weight excluding hydrogens is 321 g/mol. The van der Waals surface area contributed by atoms with E-state index in [-0.39, 0.29) is 5.82 Å². The predicted octanol–water partition coefficient (Wildman–Crippen LogP) is 3.78. The van der Waals surface area contributed by atoms with Crippen LogP contribution >= 0.6 is 0 Å². The van der Waals surface area contributed by atoms with E-state index in [9.17, 15) is 9.50 Å². The lowest BCUT2D eigenvalue weighted by atomic mass is 10.1. The number of nitrogens with zero attached hydrogens (tertiary/aromatic N) is 3. The van der Waals surface area contributed by atoms with Crippen LogP contribution < -0.4 is 4.90 Å². The van der Waals surface area contributed by atoms with E-state index in [1.807, 2.05) is 30.2 Å². The molecule has 0 spiro atoms. The highest BCUT2D eigenvalue weighted by atomic mass is 19.1. The smallest absolute Gasteiger partial charge is 0.158 e. The molecule has 0 amide bonds. The molecule has 0 aliphatic heterocycles. The van der Waals surface area contributed by atoms with Crippen molar-refractivity contribution in [2.75, 3.05) is 11.9 Å². The third-order valence-electron chi connectivity index (χ3n) is 3.79. The number of hydrogen-bond donors (Lipinski definition) is 1. The van der Waals surface area contributed by atoms with Crippen molar-refractivity contribution < 1.29 is 14.1 Å². The topological polar surface area (TPSA) is 62.4 Å². The first kappa shape index (κ1) is 17.1. The van der Waals surface area contributed by atoms with Crippen molar-refractivity contribution in [3.05, 3.63) is 59.4 Å². The zero-order valence-electron chi connectivity index (χ0n) is 14.4. The molecule has 0 radical (unpaired) electrons. The molecule has 1 N–H and O–H groups in total. The molecule has 3 aromatic rings.